The molecule has 1 fully saturated rings. The molecule has 2 rings (SSSR count). The number of thioether (sulfide) groups is 1. The molecule has 1 aromatic rings. The highest BCUT2D eigenvalue weighted by Crippen LogP contribution is 2.28. The van der Waals surface area contributed by atoms with Crippen molar-refractivity contribution in [1.82, 2.24) is 4.98 Å². The Hall–Kier alpha value is -0.810. The van der Waals surface area contributed by atoms with E-state index in [2.05, 4.69) is 16.9 Å². The van der Waals surface area contributed by atoms with E-state index in [0.717, 1.165) is 28.4 Å². The van der Waals surface area contributed by atoms with Crippen LogP contribution in [-0.4, -0.2) is 34.6 Å². The quantitative estimate of drug-likeness (QED) is 0.861. The summed E-state index contributed by atoms with van der Waals surface area (Å²) in [6.07, 6.45) is 1.20. The number of rotatable bonds is 3. The third kappa shape index (κ3) is 2.62. The summed E-state index contributed by atoms with van der Waals surface area (Å²) in [6.45, 7) is 4.06. The van der Waals surface area contributed by atoms with Crippen LogP contribution in [0.5, 0.6) is 0 Å². The van der Waals surface area contributed by atoms with Gasteiger partial charge in [0.1, 0.15) is 10.8 Å². The van der Waals surface area contributed by atoms with Crippen molar-refractivity contribution in [3.8, 4) is 0 Å². The number of aryl methyl sites for hydroxylation is 2. The Morgan fingerprint density at radius 2 is 2.28 bits per heavy atom. The number of pyridine rings is 1. The fraction of sp³-hybridized carbons (Fsp3) is 0.538. The lowest BCUT2D eigenvalue weighted by Gasteiger charge is -2.28. The van der Waals surface area contributed by atoms with Crippen LogP contribution in [0.2, 0.25) is 0 Å². The third-order valence-electron chi connectivity index (χ3n) is 3.36. The predicted octanol–water partition coefficient (Wildman–Crippen LogP) is 2.27. The monoisotopic (exact) mass is 281 g/mol. The molecule has 2 heterocycles. The molecule has 2 N–H and O–H groups in total. The van der Waals surface area contributed by atoms with Gasteiger partial charge in [0.15, 0.2) is 0 Å². The summed E-state index contributed by atoms with van der Waals surface area (Å²) in [5.41, 5.74) is 8.91. The summed E-state index contributed by atoms with van der Waals surface area (Å²) in [4.78, 5) is 7.33. The molecule has 0 aliphatic carbocycles. The molecule has 0 amide bonds. The Kier molecular flexibility index (Phi) is 4.12. The SMILES string of the molecule is Cc1cc(C)c(C(N)=S)c(N(C)C2CCSC2)n1. The fourth-order valence-electron chi connectivity index (χ4n) is 2.38. The molecular weight excluding hydrogens is 262 g/mol. The normalized spacial score (nSPS) is 18.9. The van der Waals surface area contributed by atoms with E-state index in [0.29, 0.717) is 11.0 Å². The molecule has 1 unspecified atom stereocenters. The second kappa shape index (κ2) is 5.45. The molecule has 3 nitrogen and oxygen atoms in total. The standard InChI is InChI=1S/C13H19N3S2/c1-8-6-9(2)15-13(11(8)12(14)17)16(3)10-4-5-18-7-10/h6,10H,4-5,7H2,1-3H3,(H2,14,17). The van der Waals surface area contributed by atoms with E-state index in [-0.39, 0.29) is 0 Å². The second-order valence-corrected chi connectivity index (χ2v) is 6.36. The maximum atomic E-state index is 5.86. The average molecular weight is 281 g/mol. The Morgan fingerprint density at radius 1 is 1.56 bits per heavy atom. The zero-order valence-electron chi connectivity index (χ0n) is 11.1. The van der Waals surface area contributed by atoms with Gasteiger partial charge in [0, 0.05) is 24.5 Å². The summed E-state index contributed by atoms with van der Waals surface area (Å²) in [5, 5.41) is 0. The topological polar surface area (TPSA) is 42.1 Å². The minimum Gasteiger partial charge on any atom is -0.389 e. The van der Waals surface area contributed by atoms with Crippen molar-refractivity contribution in [3.63, 3.8) is 0 Å². The zero-order chi connectivity index (χ0) is 13.3. The van der Waals surface area contributed by atoms with Crippen LogP contribution in [0.3, 0.4) is 0 Å². The summed E-state index contributed by atoms with van der Waals surface area (Å²) in [6, 6.07) is 2.58. The lowest BCUT2D eigenvalue weighted by Crippen LogP contribution is -2.34. The lowest BCUT2D eigenvalue weighted by molar-refractivity contribution is 0.690. The summed E-state index contributed by atoms with van der Waals surface area (Å²) in [7, 11) is 2.10. The van der Waals surface area contributed by atoms with E-state index in [1.54, 1.807) is 0 Å². The molecule has 1 aliphatic heterocycles. The van der Waals surface area contributed by atoms with Crippen LogP contribution in [0.15, 0.2) is 6.07 Å². The molecule has 18 heavy (non-hydrogen) atoms. The largest absolute Gasteiger partial charge is 0.389 e. The van der Waals surface area contributed by atoms with E-state index in [1.807, 2.05) is 31.7 Å². The highest BCUT2D eigenvalue weighted by Gasteiger charge is 2.24. The highest BCUT2D eigenvalue weighted by atomic mass is 32.2. The molecule has 0 bridgehead atoms. The van der Waals surface area contributed by atoms with Gasteiger partial charge < -0.3 is 10.6 Å². The molecule has 0 saturated carbocycles. The van der Waals surface area contributed by atoms with Gasteiger partial charge in [-0.2, -0.15) is 11.8 Å². The lowest BCUT2D eigenvalue weighted by atomic mass is 10.1. The van der Waals surface area contributed by atoms with Gasteiger partial charge in [0.25, 0.3) is 0 Å². The predicted molar refractivity (Wildman–Crippen MR) is 83.7 cm³/mol. The van der Waals surface area contributed by atoms with Crippen molar-refractivity contribution in [2.45, 2.75) is 26.3 Å². The van der Waals surface area contributed by atoms with Crippen LogP contribution in [0.4, 0.5) is 5.82 Å². The van der Waals surface area contributed by atoms with Crippen molar-refractivity contribution >= 4 is 34.8 Å². The van der Waals surface area contributed by atoms with Gasteiger partial charge >= 0.3 is 0 Å². The van der Waals surface area contributed by atoms with Gasteiger partial charge in [-0.3, -0.25) is 0 Å². The Morgan fingerprint density at radius 3 is 2.83 bits per heavy atom. The molecular formula is C13H19N3S2. The molecule has 0 aromatic carbocycles. The molecule has 0 radical (unpaired) electrons. The molecule has 1 atom stereocenters. The van der Waals surface area contributed by atoms with E-state index in [4.69, 9.17) is 18.0 Å². The van der Waals surface area contributed by atoms with E-state index in [1.165, 1.54) is 12.2 Å². The first kappa shape index (κ1) is 13.6. The van der Waals surface area contributed by atoms with Crippen LogP contribution in [0.1, 0.15) is 23.2 Å². The molecule has 0 spiro atoms. The van der Waals surface area contributed by atoms with Gasteiger partial charge in [-0.25, -0.2) is 4.98 Å². The second-order valence-electron chi connectivity index (χ2n) is 4.77. The van der Waals surface area contributed by atoms with Crippen LogP contribution in [0.25, 0.3) is 0 Å². The van der Waals surface area contributed by atoms with E-state index < -0.39 is 0 Å². The molecule has 1 aliphatic rings. The highest BCUT2D eigenvalue weighted by molar-refractivity contribution is 7.99. The van der Waals surface area contributed by atoms with Crippen LogP contribution in [0, 0.1) is 13.8 Å². The maximum Gasteiger partial charge on any atom is 0.139 e. The first-order valence-corrected chi connectivity index (χ1v) is 7.65. The first-order chi connectivity index (χ1) is 8.50. The summed E-state index contributed by atoms with van der Waals surface area (Å²) in [5.74, 6) is 3.32. The van der Waals surface area contributed by atoms with Crippen molar-refractivity contribution in [3.05, 3.63) is 22.9 Å². The zero-order valence-corrected chi connectivity index (χ0v) is 12.7. The van der Waals surface area contributed by atoms with Crippen LogP contribution >= 0.6 is 24.0 Å². The van der Waals surface area contributed by atoms with Gasteiger partial charge in [-0.1, -0.05) is 12.2 Å². The maximum absolute atomic E-state index is 5.86. The smallest absolute Gasteiger partial charge is 0.139 e. The van der Waals surface area contributed by atoms with E-state index >= 15 is 0 Å². The first-order valence-electron chi connectivity index (χ1n) is 6.09. The van der Waals surface area contributed by atoms with Crippen molar-refractivity contribution < 1.29 is 0 Å². The summed E-state index contributed by atoms with van der Waals surface area (Å²) >= 11 is 7.17. The van der Waals surface area contributed by atoms with Gasteiger partial charge in [0.2, 0.25) is 0 Å². The van der Waals surface area contributed by atoms with E-state index in [9.17, 15) is 0 Å². The summed E-state index contributed by atoms with van der Waals surface area (Å²) < 4.78 is 0. The average Bonchev–Trinajstić information content (AvgIpc) is 2.79. The minimum absolute atomic E-state index is 0.438. The Balaban J connectivity index is 2.44. The Labute approximate surface area is 118 Å². The number of hydrogen-bond donors (Lipinski definition) is 1. The molecule has 1 aromatic heterocycles. The number of hydrogen-bond acceptors (Lipinski definition) is 4. The van der Waals surface area contributed by atoms with Crippen molar-refractivity contribution in [2.75, 3.05) is 23.5 Å². The van der Waals surface area contributed by atoms with Crippen molar-refractivity contribution in [2.24, 2.45) is 5.73 Å². The molecule has 1 saturated heterocycles. The number of thiocarbonyl (C=S) groups is 1. The van der Waals surface area contributed by atoms with Gasteiger partial charge in [-0.05, 0) is 37.7 Å². The van der Waals surface area contributed by atoms with Crippen molar-refractivity contribution in [1.29, 1.82) is 0 Å². The Bertz CT molecular complexity index is 468. The van der Waals surface area contributed by atoms with Gasteiger partial charge in [-0.15, -0.1) is 0 Å². The van der Waals surface area contributed by atoms with Crippen LogP contribution < -0.4 is 10.6 Å². The number of nitrogens with two attached hydrogens (primary N) is 1. The molecule has 98 valence electrons. The molecule has 5 heteroatoms. The minimum atomic E-state index is 0.438. The third-order valence-corrected chi connectivity index (χ3v) is 4.71. The fourth-order valence-corrected chi connectivity index (χ4v) is 3.90. The van der Waals surface area contributed by atoms with Gasteiger partial charge in [0.05, 0.1) is 5.56 Å². The number of nitrogens with zero attached hydrogens (tertiary/aromatic N) is 2. The van der Waals surface area contributed by atoms with Crippen LogP contribution in [-0.2, 0) is 0 Å². The number of anilines is 1. The number of aromatic nitrogens is 1.